The molecule has 0 fully saturated rings. The van der Waals surface area contributed by atoms with Crippen LogP contribution in [0.15, 0.2) is 42.6 Å². The first-order chi connectivity index (χ1) is 13.1. The lowest BCUT2D eigenvalue weighted by Gasteiger charge is -2.13. The predicted octanol–water partition coefficient (Wildman–Crippen LogP) is 3.59. The van der Waals surface area contributed by atoms with Crippen LogP contribution in [0, 0.1) is 12.7 Å². The first kappa shape index (κ1) is 17.0. The quantitative estimate of drug-likeness (QED) is 0.740. The number of methoxy groups -OCH3 is 1. The monoisotopic (exact) mass is 364 g/mol. The van der Waals surface area contributed by atoms with Crippen LogP contribution in [0.5, 0.6) is 5.75 Å². The van der Waals surface area contributed by atoms with E-state index >= 15 is 0 Å². The number of nitrogens with one attached hydrogen (secondary N) is 2. The molecule has 0 radical (unpaired) electrons. The van der Waals surface area contributed by atoms with Crippen molar-refractivity contribution in [2.75, 3.05) is 12.4 Å². The first-order valence-corrected chi connectivity index (χ1v) is 8.41. The van der Waals surface area contributed by atoms with E-state index in [1.165, 1.54) is 6.07 Å². The number of amides is 1. The van der Waals surface area contributed by atoms with Gasteiger partial charge in [0.25, 0.3) is 5.91 Å². The van der Waals surface area contributed by atoms with Gasteiger partial charge in [-0.3, -0.25) is 4.79 Å². The molecule has 7 heteroatoms. The summed E-state index contributed by atoms with van der Waals surface area (Å²) < 4.78 is 19.5. The van der Waals surface area contributed by atoms with Gasteiger partial charge in [0.15, 0.2) is 0 Å². The number of ether oxygens (including phenoxy) is 1. The van der Waals surface area contributed by atoms with Gasteiger partial charge in [-0.15, -0.1) is 0 Å². The third kappa shape index (κ3) is 3.08. The number of carbonyl (C=O) groups excluding carboxylic acids is 1. The second-order valence-corrected chi connectivity index (χ2v) is 6.20. The number of carbonyl (C=O) groups is 1. The van der Waals surface area contributed by atoms with E-state index in [4.69, 9.17) is 4.74 Å². The molecule has 0 saturated carbocycles. The summed E-state index contributed by atoms with van der Waals surface area (Å²) in [5.74, 6) is 0.597. The Labute approximate surface area is 155 Å². The van der Waals surface area contributed by atoms with Gasteiger partial charge in [-0.2, -0.15) is 0 Å². The van der Waals surface area contributed by atoms with Crippen LogP contribution in [0.2, 0.25) is 0 Å². The molecule has 6 nitrogen and oxygen atoms in total. The van der Waals surface area contributed by atoms with Crippen LogP contribution in [0.4, 0.5) is 15.9 Å². The molecular formula is C20H17FN4O2. The second kappa shape index (κ2) is 6.68. The molecule has 0 atom stereocenters. The van der Waals surface area contributed by atoms with E-state index in [0.717, 1.165) is 5.56 Å². The van der Waals surface area contributed by atoms with Gasteiger partial charge in [0.2, 0.25) is 0 Å². The molecule has 136 valence electrons. The van der Waals surface area contributed by atoms with Gasteiger partial charge in [0.1, 0.15) is 17.4 Å². The summed E-state index contributed by atoms with van der Waals surface area (Å²) in [5, 5.41) is 5.91. The van der Waals surface area contributed by atoms with Crippen LogP contribution < -0.4 is 15.4 Å². The van der Waals surface area contributed by atoms with E-state index in [1.807, 2.05) is 13.0 Å². The largest absolute Gasteiger partial charge is 0.495 e. The van der Waals surface area contributed by atoms with Crippen molar-refractivity contribution in [2.24, 2.45) is 0 Å². The third-order valence-corrected chi connectivity index (χ3v) is 4.45. The number of anilines is 2. The summed E-state index contributed by atoms with van der Waals surface area (Å²) in [6.07, 6.45) is 1.58. The number of hydrogen-bond donors (Lipinski definition) is 2. The number of pyridine rings is 2. The highest BCUT2D eigenvalue weighted by Crippen LogP contribution is 2.33. The van der Waals surface area contributed by atoms with Crippen LogP contribution in [-0.4, -0.2) is 23.0 Å². The number of aryl methyl sites for hydroxylation is 1. The molecule has 1 aliphatic heterocycles. The van der Waals surface area contributed by atoms with Crippen molar-refractivity contribution >= 4 is 17.4 Å². The van der Waals surface area contributed by atoms with Crippen molar-refractivity contribution in [2.45, 2.75) is 13.5 Å². The molecule has 3 heterocycles. The summed E-state index contributed by atoms with van der Waals surface area (Å²) >= 11 is 0. The molecular weight excluding hydrogens is 347 g/mol. The average molecular weight is 364 g/mol. The molecule has 1 amide bonds. The fourth-order valence-corrected chi connectivity index (χ4v) is 3.13. The van der Waals surface area contributed by atoms with E-state index in [2.05, 4.69) is 20.6 Å². The molecule has 0 aliphatic carbocycles. The maximum absolute atomic E-state index is 14.4. The Bertz CT molecular complexity index is 1010. The highest BCUT2D eigenvalue weighted by Gasteiger charge is 2.26. The Morgan fingerprint density at radius 2 is 2.07 bits per heavy atom. The topological polar surface area (TPSA) is 76.1 Å². The minimum absolute atomic E-state index is 0.217. The fourth-order valence-electron chi connectivity index (χ4n) is 3.13. The summed E-state index contributed by atoms with van der Waals surface area (Å²) in [6.45, 7) is 2.13. The van der Waals surface area contributed by atoms with Crippen molar-refractivity contribution in [1.82, 2.24) is 15.3 Å². The fraction of sp³-hybridized carbons (Fsp3) is 0.150. The number of fused-ring (bicyclic) bond motifs is 1. The van der Waals surface area contributed by atoms with Crippen molar-refractivity contribution in [1.29, 1.82) is 0 Å². The Morgan fingerprint density at radius 3 is 2.78 bits per heavy atom. The van der Waals surface area contributed by atoms with Gasteiger partial charge in [0, 0.05) is 5.56 Å². The molecule has 2 N–H and O–H groups in total. The summed E-state index contributed by atoms with van der Waals surface area (Å²) in [4.78, 5) is 21.0. The van der Waals surface area contributed by atoms with E-state index in [9.17, 15) is 9.18 Å². The highest BCUT2D eigenvalue weighted by atomic mass is 19.1. The van der Waals surface area contributed by atoms with E-state index in [0.29, 0.717) is 46.3 Å². The Kier molecular flexibility index (Phi) is 4.19. The number of halogens is 1. The predicted molar refractivity (Wildman–Crippen MR) is 99.6 cm³/mol. The average Bonchev–Trinajstić information content (AvgIpc) is 3.03. The number of nitrogens with zero attached hydrogens (tertiary/aromatic N) is 2. The van der Waals surface area contributed by atoms with Gasteiger partial charge < -0.3 is 15.4 Å². The normalized spacial score (nSPS) is 12.5. The minimum Gasteiger partial charge on any atom is -0.495 e. The van der Waals surface area contributed by atoms with Gasteiger partial charge in [-0.1, -0.05) is 12.1 Å². The molecule has 0 saturated heterocycles. The molecule has 27 heavy (non-hydrogen) atoms. The lowest BCUT2D eigenvalue weighted by atomic mass is 10.0. The Hall–Kier alpha value is -3.48. The Balaban J connectivity index is 1.82. The molecule has 2 aromatic heterocycles. The van der Waals surface area contributed by atoms with Gasteiger partial charge >= 0.3 is 0 Å². The zero-order valence-electron chi connectivity index (χ0n) is 14.8. The van der Waals surface area contributed by atoms with Crippen LogP contribution in [0.25, 0.3) is 11.3 Å². The molecule has 3 aromatic rings. The third-order valence-electron chi connectivity index (χ3n) is 4.45. The number of benzene rings is 1. The molecule has 1 aliphatic rings. The maximum atomic E-state index is 14.4. The van der Waals surface area contributed by atoms with E-state index in [-0.39, 0.29) is 11.7 Å². The summed E-state index contributed by atoms with van der Waals surface area (Å²) in [5.41, 5.74) is 3.22. The van der Waals surface area contributed by atoms with Crippen molar-refractivity contribution in [3.63, 3.8) is 0 Å². The smallest absolute Gasteiger partial charge is 0.255 e. The summed E-state index contributed by atoms with van der Waals surface area (Å²) in [7, 11) is 1.56. The van der Waals surface area contributed by atoms with Crippen LogP contribution >= 0.6 is 0 Å². The minimum atomic E-state index is -0.353. The van der Waals surface area contributed by atoms with Crippen LogP contribution in [0.3, 0.4) is 0 Å². The Morgan fingerprint density at radius 1 is 1.22 bits per heavy atom. The summed E-state index contributed by atoms with van der Waals surface area (Å²) in [6, 6.07) is 10.1. The zero-order valence-corrected chi connectivity index (χ0v) is 14.8. The zero-order chi connectivity index (χ0) is 19.0. The molecule has 1 aromatic carbocycles. The van der Waals surface area contributed by atoms with Gasteiger partial charge in [-0.05, 0) is 36.8 Å². The standard InChI is InChI=1S/C20H17FN4O2/c1-11-4-3-5-13(21)18(11)14-8-15(19-16(24-14)10-23-20(19)26)25-17-7-6-12(27-2)9-22-17/h3-9H,10H2,1-2H3,(H,23,26)(H,22,24,25). The van der Waals surface area contributed by atoms with Crippen LogP contribution in [-0.2, 0) is 6.54 Å². The maximum Gasteiger partial charge on any atom is 0.255 e. The van der Waals surface area contributed by atoms with Gasteiger partial charge in [-0.25, -0.2) is 14.4 Å². The lowest BCUT2D eigenvalue weighted by Crippen LogP contribution is -2.13. The van der Waals surface area contributed by atoms with Crippen molar-refractivity contribution in [3.8, 4) is 17.0 Å². The number of aromatic nitrogens is 2. The van der Waals surface area contributed by atoms with E-state index in [1.54, 1.807) is 37.6 Å². The molecule has 0 unspecified atom stereocenters. The van der Waals surface area contributed by atoms with Crippen LogP contribution in [0.1, 0.15) is 21.6 Å². The number of rotatable bonds is 4. The van der Waals surface area contributed by atoms with Crippen molar-refractivity contribution in [3.05, 3.63) is 65.2 Å². The first-order valence-electron chi connectivity index (χ1n) is 8.41. The SMILES string of the molecule is COc1ccc(Nc2cc(-c3c(C)cccc3F)nc3c2C(=O)NC3)nc1. The molecule has 4 rings (SSSR count). The molecule has 0 bridgehead atoms. The van der Waals surface area contributed by atoms with E-state index < -0.39 is 0 Å². The second-order valence-electron chi connectivity index (χ2n) is 6.20. The molecule has 0 spiro atoms. The lowest BCUT2D eigenvalue weighted by molar-refractivity contribution is 0.0966. The number of hydrogen-bond acceptors (Lipinski definition) is 5. The van der Waals surface area contributed by atoms with Crippen molar-refractivity contribution < 1.29 is 13.9 Å². The highest BCUT2D eigenvalue weighted by molar-refractivity contribution is 6.04. The van der Waals surface area contributed by atoms with Gasteiger partial charge in [0.05, 0.1) is 42.5 Å².